The molecule has 0 saturated carbocycles. The third-order valence-corrected chi connectivity index (χ3v) is 3.32. The van der Waals surface area contributed by atoms with Crippen molar-refractivity contribution >= 4 is 35.4 Å². The molecular weight excluding hydrogens is 288 g/mol. The van der Waals surface area contributed by atoms with E-state index in [4.69, 9.17) is 0 Å². The lowest BCUT2D eigenvalue weighted by Crippen LogP contribution is -2.29. The lowest BCUT2D eigenvalue weighted by Gasteiger charge is -2.14. The molecule has 110 valence electrons. The molecule has 4 amide bonds. The number of hydroxylamine groups is 2. The molecule has 1 fully saturated rings. The minimum Gasteiger partial charge on any atom is -0.278 e. The van der Waals surface area contributed by atoms with Gasteiger partial charge >= 0.3 is 0 Å². The van der Waals surface area contributed by atoms with Gasteiger partial charge in [0, 0.05) is 17.7 Å². The van der Waals surface area contributed by atoms with Gasteiger partial charge in [0.15, 0.2) is 0 Å². The first-order valence-corrected chi connectivity index (χ1v) is 6.40. The molecule has 0 unspecified atom stereocenters. The van der Waals surface area contributed by atoms with E-state index in [1.165, 1.54) is 18.2 Å². The van der Waals surface area contributed by atoms with Crippen LogP contribution in [0.4, 0.5) is 5.69 Å². The summed E-state index contributed by atoms with van der Waals surface area (Å²) in [6, 6.07) is 6.42. The first-order valence-electron chi connectivity index (χ1n) is 6.40. The number of hydrogen-bond donors (Lipinski definition) is 1. The summed E-state index contributed by atoms with van der Waals surface area (Å²) < 4.78 is 0. The molecule has 0 spiro atoms. The van der Waals surface area contributed by atoms with Crippen molar-refractivity contribution in [1.82, 2.24) is 5.06 Å². The van der Waals surface area contributed by atoms with Gasteiger partial charge < -0.3 is 0 Å². The maximum absolute atomic E-state index is 11.6. The zero-order valence-electron chi connectivity index (χ0n) is 11.2. The van der Waals surface area contributed by atoms with Crippen molar-refractivity contribution < 1.29 is 24.4 Å². The molecule has 7 heteroatoms. The van der Waals surface area contributed by atoms with E-state index in [-0.39, 0.29) is 17.1 Å². The van der Waals surface area contributed by atoms with E-state index in [0.29, 0.717) is 11.3 Å². The third kappa shape index (κ3) is 2.23. The molecule has 0 atom stereocenters. The number of imide groups is 2. The highest BCUT2D eigenvalue weighted by Gasteiger charge is 2.32. The molecule has 1 aromatic carbocycles. The summed E-state index contributed by atoms with van der Waals surface area (Å²) in [7, 11) is 0. The molecule has 0 aromatic heterocycles. The van der Waals surface area contributed by atoms with Gasteiger partial charge in [0.1, 0.15) is 0 Å². The smallest absolute Gasteiger partial charge is 0.278 e. The van der Waals surface area contributed by atoms with Crippen LogP contribution in [0, 0.1) is 0 Å². The quantitative estimate of drug-likeness (QED) is 0.491. The number of carbonyl (C=O) groups is 4. The SMILES string of the molecule is O=C1CC(=Cc2cccc(N3C(=O)C=CC3=O)c2)C(=O)N1O. The van der Waals surface area contributed by atoms with Gasteiger partial charge in [0.2, 0.25) is 0 Å². The van der Waals surface area contributed by atoms with Crippen LogP contribution < -0.4 is 4.90 Å². The van der Waals surface area contributed by atoms with Gasteiger partial charge in [-0.25, -0.2) is 4.90 Å². The summed E-state index contributed by atoms with van der Waals surface area (Å²) in [4.78, 5) is 47.2. The summed E-state index contributed by atoms with van der Waals surface area (Å²) in [5, 5.41) is 9.28. The van der Waals surface area contributed by atoms with Gasteiger partial charge in [-0.15, -0.1) is 0 Å². The second kappa shape index (κ2) is 5.05. The number of amides is 4. The standard InChI is InChI=1S/C15H10N2O5/c18-12-4-5-13(19)16(12)11-3-1-2-9(7-11)6-10-8-14(20)17(22)15(10)21/h1-7,22H,8H2. The van der Waals surface area contributed by atoms with Crippen LogP contribution in [-0.4, -0.2) is 33.9 Å². The highest BCUT2D eigenvalue weighted by Crippen LogP contribution is 2.24. The highest BCUT2D eigenvalue weighted by atomic mass is 16.5. The Morgan fingerprint density at radius 3 is 2.32 bits per heavy atom. The average molecular weight is 298 g/mol. The molecule has 2 heterocycles. The summed E-state index contributed by atoms with van der Waals surface area (Å²) in [5.41, 5.74) is 1.05. The van der Waals surface area contributed by atoms with Crippen LogP contribution >= 0.6 is 0 Å². The van der Waals surface area contributed by atoms with Gasteiger partial charge in [-0.05, 0) is 23.8 Å². The predicted octanol–water partition coefficient (Wildman–Crippen LogP) is 0.647. The van der Waals surface area contributed by atoms with Gasteiger partial charge in [-0.2, -0.15) is 5.06 Å². The fourth-order valence-electron chi connectivity index (χ4n) is 2.29. The molecule has 22 heavy (non-hydrogen) atoms. The largest absolute Gasteiger partial charge is 0.281 e. The maximum Gasteiger partial charge on any atom is 0.281 e. The average Bonchev–Trinajstić information content (AvgIpc) is 2.94. The minimum atomic E-state index is -0.773. The molecule has 3 rings (SSSR count). The molecule has 1 saturated heterocycles. The molecule has 1 aromatic rings. The lowest BCUT2D eigenvalue weighted by atomic mass is 10.1. The van der Waals surface area contributed by atoms with E-state index in [1.54, 1.807) is 24.3 Å². The van der Waals surface area contributed by atoms with E-state index < -0.39 is 23.6 Å². The molecule has 7 nitrogen and oxygen atoms in total. The fraction of sp³-hybridized carbons (Fsp3) is 0.0667. The van der Waals surface area contributed by atoms with E-state index >= 15 is 0 Å². The van der Waals surface area contributed by atoms with Crippen molar-refractivity contribution in [2.45, 2.75) is 6.42 Å². The van der Waals surface area contributed by atoms with E-state index in [2.05, 4.69) is 0 Å². The molecule has 0 bridgehead atoms. The summed E-state index contributed by atoms with van der Waals surface area (Å²) >= 11 is 0. The van der Waals surface area contributed by atoms with Gasteiger partial charge in [-0.3, -0.25) is 24.4 Å². The zero-order chi connectivity index (χ0) is 15.9. The Kier molecular flexibility index (Phi) is 3.19. The second-order valence-corrected chi connectivity index (χ2v) is 4.80. The maximum atomic E-state index is 11.6. The topological polar surface area (TPSA) is 95.0 Å². The fourth-order valence-corrected chi connectivity index (χ4v) is 2.29. The van der Waals surface area contributed by atoms with E-state index in [9.17, 15) is 24.4 Å². The van der Waals surface area contributed by atoms with Gasteiger partial charge in [-0.1, -0.05) is 12.1 Å². The van der Waals surface area contributed by atoms with Crippen molar-refractivity contribution in [3.63, 3.8) is 0 Å². The molecule has 1 N–H and O–H groups in total. The monoisotopic (exact) mass is 298 g/mol. The van der Waals surface area contributed by atoms with Crippen molar-refractivity contribution in [2.24, 2.45) is 0 Å². The van der Waals surface area contributed by atoms with Crippen LogP contribution in [0.2, 0.25) is 0 Å². The Labute approximate surface area is 124 Å². The normalized spacial score (nSPS) is 20.0. The number of anilines is 1. The summed E-state index contributed by atoms with van der Waals surface area (Å²) in [6.45, 7) is 0. The molecule has 2 aliphatic rings. The summed E-state index contributed by atoms with van der Waals surface area (Å²) in [5.74, 6) is -2.35. The Hall–Kier alpha value is -3.06. The predicted molar refractivity (Wildman–Crippen MR) is 74.3 cm³/mol. The molecule has 0 aliphatic carbocycles. The molecular formula is C15H10N2O5. The Bertz CT molecular complexity index is 760. The Morgan fingerprint density at radius 2 is 1.73 bits per heavy atom. The highest BCUT2D eigenvalue weighted by molar-refractivity contribution is 6.28. The van der Waals surface area contributed by atoms with Crippen LogP contribution in [0.3, 0.4) is 0 Å². The van der Waals surface area contributed by atoms with Crippen LogP contribution in [0.5, 0.6) is 0 Å². The first-order chi connectivity index (χ1) is 10.5. The number of hydrogen-bond acceptors (Lipinski definition) is 5. The van der Waals surface area contributed by atoms with Gasteiger partial charge in [0.05, 0.1) is 12.1 Å². The van der Waals surface area contributed by atoms with E-state index in [0.717, 1.165) is 4.90 Å². The van der Waals surface area contributed by atoms with Crippen molar-refractivity contribution in [3.8, 4) is 0 Å². The third-order valence-electron chi connectivity index (χ3n) is 3.32. The lowest BCUT2D eigenvalue weighted by molar-refractivity contribution is -0.170. The summed E-state index contributed by atoms with van der Waals surface area (Å²) in [6.07, 6.45) is 3.60. The van der Waals surface area contributed by atoms with Crippen LogP contribution in [0.25, 0.3) is 6.08 Å². The Balaban J connectivity index is 1.93. The number of benzene rings is 1. The molecule has 2 aliphatic heterocycles. The number of nitrogens with zero attached hydrogens (tertiary/aromatic N) is 2. The number of carbonyl (C=O) groups excluding carboxylic acids is 4. The molecule has 0 radical (unpaired) electrons. The van der Waals surface area contributed by atoms with Crippen LogP contribution in [-0.2, 0) is 19.2 Å². The minimum absolute atomic E-state index is 0.0765. The number of rotatable bonds is 2. The zero-order valence-corrected chi connectivity index (χ0v) is 11.2. The van der Waals surface area contributed by atoms with E-state index in [1.807, 2.05) is 0 Å². The van der Waals surface area contributed by atoms with Crippen molar-refractivity contribution in [2.75, 3.05) is 4.90 Å². The Morgan fingerprint density at radius 1 is 1.05 bits per heavy atom. The van der Waals surface area contributed by atoms with Crippen molar-refractivity contribution in [3.05, 3.63) is 47.6 Å². The van der Waals surface area contributed by atoms with Crippen LogP contribution in [0.15, 0.2) is 42.0 Å². The second-order valence-electron chi connectivity index (χ2n) is 4.80. The first kappa shape index (κ1) is 13.9. The van der Waals surface area contributed by atoms with Crippen LogP contribution in [0.1, 0.15) is 12.0 Å². The van der Waals surface area contributed by atoms with Crippen molar-refractivity contribution in [1.29, 1.82) is 0 Å². The van der Waals surface area contributed by atoms with Gasteiger partial charge in [0.25, 0.3) is 23.6 Å².